The van der Waals surface area contributed by atoms with Crippen LogP contribution in [0.25, 0.3) is 10.9 Å². The molecule has 4 unspecified atom stereocenters. The molecule has 2 heterocycles. The summed E-state index contributed by atoms with van der Waals surface area (Å²) >= 11 is 0. The average molecular weight is 543 g/mol. The Kier molecular flexibility index (Phi) is 10.0. The lowest BCUT2D eigenvalue weighted by atomic mass is 10.0. The summed E-state index contributed by atoms with van der Waals surface area (Å²) in [4.78, 5) is 67.0. The van der Waals surface area contributed by atoms with E-state index < -0.39 is 53.8 Å². The number of hydrogen-bond acceptors (Lipinski definition) is 6. The van der Waals surface area contributed by atoms with Crippen molar-refractivity contribution in [2.24, 2.45) is 17.4 Å². The van der Waals surface area contributed by atoms with Gasteiger partial charge in [0.25, 0.3) is 0 Å². The Balaban J connectivity index is 1.72. The van der Waals surface area contributed by atoms with E-state index in [0.29, 0.717) is 12.8 Å². The Labute approximate surface area is 226 Å². The molecular weight excluding hydrogens is 504 g/mol. The topological polar surface area (TPSA) is 201 Å². The fraction of sp³-hybridized carbons (Fsp3) is 0.519. The molecule has 3 rings (SSSR count). The molecule has 0 radical (unpaired) electrons. The van der Waals surface area contributed by atoms with Gasteiger partial charge in [0.1, 0.15) is 18.1 Å². The van der Waals surface area contributed by atoms with Gasteiger partial charge in [-0.3, -0.25) is 19.2 Å². The Hall–Kier alpha value is -3.93. The van der Waals surface area contributed by atoms with Crippen molar-refractivity contribution in [3.63, 3.8) is 0 Å². The third-order valence-electron chi connectivity index (χ3n) is 6.91. The fourth-order valence-electron chi connectivity index (χ4n) is 4.92. The van der Waals surface area contributed by atoms with Crippen LogP contribution in [-0.2, 0) is 30.4 Å². The highest BCUT2D eigenvalue weighted by molar-refractivity contribution is 5.95. The van der Waals surface area contributed by atoms with E-state index >= 15 is 0 Å². The van der Waals surface area contributed by atoms with Crippen molar-refractivity contribution in [2.75, 3.05) is 6.54 Å². The van der Waals surface area contributed by atoms with E-state index in [4.69, 9.17) is 11.5 Å². The van der Waals surface area contributed by atoms with Gasteiger partial charge in [0, 0.05) is 30.1 Å². The second-order valence-corrected chi connectivity index (χ2v) is 10.5. The number of carbonyl (C=O) groups excluding carboxylic acids is 4. The second-order valence-electron chi connectivity index (χ2n) is 10.5. The minimum Gasteiger partial charge on any atom is -0.480 e. The first-order valence-electron chi connectivity index (χ1n) is 13.2. The van der Waals surface area contributed by atoms with Crippen LogP contribution in [0, 0.1) is 5.92 Å². The van der Waals surface area contributed by atoms with Gasteiger partial charge < -0.3 is 37.1 Å². The smallest absolute Gasteiger partial charge is 0.326 e. The maximum atomic E-state index is 13.3. The van der Waals surface area contributed by atoms with Gasteiger partial charge in [-0.15, -0.1) is 0 Å². The number of nitrogens with zero attached hydrogens (tertiary/aromatic N) is 1. The molecule has 8 N–H and O–H groups in total. The van der Waals surface area contributed by atoms with E-state index in [2.05, 4.69) is 15.6 Å². The molecule has 4 atom stereocenters. The Morgan fingerprint density at radius 1 is 1.10 bits per heavy atom. The zero-order valence-corrected chi connectivity index (χ0v) is 22.3. The largest absolute Gasteiger partial charge is 0.480 e. The molecule has 1 aromatic carbocycles. The molecule has 1 aliphatic heterocycles. The molecule has 1 fully saturated rings. The van der Waals surface area contributed by atoms with Crippen LogP contribution in [0.15, 0.2) is 30.5 Å². The summed E-state index contributed by atoms with van der Waals surface area (Å²) in [6.45, 7) is 4.00. The van der Waals surface area contributed by atoms with Crippen LogP contribution < -0.4 is 22.1 Å². The lowest BCUT2D eigenvalue weighted by Crippen LogP contribution is -2.57. The Morgan fingerprint density at radius 2 is 1.79 bits per heavy atom. The molecule has 12 heteroatoms. The number of hydrogen-bond donors (Lipinski definition) is 6. The SMILES string of the molecule is CC(C)CC(NC(=O)C(N)Cc1c[nH]c2ccccc12)C(=O)NC(CCC(N)=O)C(=O)N1CCCC1C(=O)O. The summed E-state index contributed by atoms with van der Waals surface area (Å²) in [5.41, 5.74) is 13.3. The van der Waals surface area contributed by atoms with Crippen LogP contribution in [0.4, 0.5) is 0 Å². The number of carboxylic acid groups (broad SMARTS) is 1. The van der Waals surface area contributed by atoms with Gasteiger partial charge in [0.2, 0.25) is 23.6 Å². The van der Waals surface area contributed by atoms with Crippen LogP contribution in [0.5, 0.6) is 0 Å². The van der Waals surface area contributed by atoms with Gasteiger partial charge in [0.05, 0.1) is 6.04 Å². The van der Waals surface area contributed by atoms with E-state index in [0.717, 1.165) is 16.5 Å². The number of carbonyl (C=O) groups is 5. The first kappa shape index (κ1) is 29.6. The van der Waals surface area contributed by atoms with E-state index in [1.807, 2.05) is 38.1 Å². The number of fused-ring (bicyclic) bond motifs is 1. The third kappa shape index (κ3) is 7.79. The number of H-pyrrole nitrogens is 1. The molecule has 12 nitrogen and oxygen atoms in total. The lowest BCUT2D eigenvalue weighted by molar-refractivity contribution is -0.149. The number of aliphatic carboxylic acids is 1. The van der Waals surface area contributed by atoms with Gasteiger partial charge >= 0.3 is 5.97 Å². The van der Waals surface area contributed by atoms with Crippen molar-refractivity contribution in [1.82, 2.24) is 20.5 Å². The molecule has 1 aromatic heterocycles. The average Bonchev–Trinajstić information content (AvgIpc) is 3.53. The van der Waals surface area contributed by atoms with Crippen molar-refractivity contribution in [2.45, 2.75) is 76.5 Å². The zero-order chi connectivity index (χ0) is 28.7. The zero-order valence-electron chi connectivity index (χ0n) is 22.3. The summed E-state index contributed by atoms with van der Waals surface area (Å²) in [5.74, 6) is -3.51. The molecule has 0 spiro atoms. The highest BCUT2D eigenvalue weighted by Crippen LogP contribution is 2.21. The minimum absolute atomic E-state index is 0.0145. The molecule has 0 aliphatic carbocycles. The Bertz CT molecular complexity index is 1210. The number of aromatic nitrogens is 1. The summed E-state index contributed by atoms with van der Waals surface area (Å²) in [5, 5.41) is 15.8. The molecule has 2 aromatic rings. The molecule has 0 bridgehead atoms. The Morgan fingerprint density at radius 3 is 2.46 bits per heavy atom. The maximum Gasteiger partial charge on any atom is 0.326 e. The van der Waals surface area contributed by atoms with E-state index in [9.17, 15) is 29.1 Å². The van der Waals surface area contributed by atoms with Crippen molar-refractivity contribution >= 4 is 40.5 Å². The molecule has 212 valence electrons. The van der Waals surface area contributed by atoms with Gasteiger partial charge in [-0.2, -0.15) is 0 Å². The number of likely N-dealkylation sites (tertiary alicyclic amines) is 1. The molecule has 4 amide bonds. The number of nitrogens with two attached hydrogens (primary N) is 2. The summed E-state index contributed by atoms with van der Waals surface area (Å²) in [7, 11) is 0. The molecule has 0 saturated carbocycles. The number of benzene rings is 1. The number of primary amides is 1. The normalized spacial score (nSPS) is 17.5. The van der Waals surface area contributed by atoms with E-state index in [1.165, 1.54) is 4.90 Å². The predicted octanol–water partition coefficient (Wildman–Crippen LogP) is 0.395. The summed E-state index contributed by atoms with van der Waals surface area (Å²) in [6.07, 6.45) is 2.86. The highest BCUT2D eigenvalue weighted by atomic mass is 16.4. The van der Waals surface area contributed by atoms with Crippen molar-refractivity contribution in [3.05, 3.63) is 36.0 Å². The van der Waals surface area contributed by atoms with Crippen molar-refractivity contribution < 1.29 is 29.1 Å². The van der Waals surface area contributed by atoms with Gasteiger partial charge in [-0.05, 0) is 49.7 Å². The second kappa shape index (κ2) is 13.2. The standard InChI is InChI=1S/C27H38N6O6/c1-15(2)12-21(32-24(35)18(28)13-16-14-30-19-7-4-3-6-17(16)19)25(36)31-20(9-10-23(29)34)26(37)33-11-5-8-22(33)27(38)39/h3-4,6-7,14-15,18,20-22,30H,5,8-13,28H2,1-2H3,(H2,29,34)(H,31,36)(H,32,35)(H,38,39). The molecular formula is C27H38N6O6. The highest BCUT2D eigenvalue weighted by Gasteiger charge is 2.38. The van der Waals surface area contributed by atoms with Gasteiger partial charge in [-0.1, -0.05) is 32.0 Å². The molecule has 39 heavy (non-hydrogen) atoms. The third-order valence-corrected chi connectivity index (χ3v) is 6.91. The minimum atomic E-state index is -1.17. The summed E-state index contributed by atoms with van der Waals surface area (Å²) in [6, 6.07) is 3.55. The van der Waals surface area contributed by atoms with Gasteiger partial charge in [-0.25, -0.2) is 4.79 Å². The first-order valence-corrected chi connectivity index (χ1v) is 13.2. The first-order chi connectivity index (χ1) is 18.5. The number of carboxylic acids is 1. The van der Waals surface area contributed by atoms with Crippen molar-refractivity contribution in [3.8, 4) is 0 Å². The number of para-hydroxylation sites is 1. The van der Waals surface area contributed by atoms with Crippen molar-refractivity contribution in [1.29, 1.82) is 0 Å². The fourth-order valence-corrected chi connectivity index (χ4v) is 4.92. The van der Waals surface area contributed by atoms with E-state index in [1.54, 1.807) is 6.20 Å². The van der Waals surface area contributed by atoms with Crippen LogP contribution in [-0.4, -0.2) is 75.3 Å². The number of aromatic amines is 1. The number of nitrogens with one attached hydrogen (secondary N) is 3. The van der Waals surface area contributed by atoms with E-state index in [-0.39, 0.29) is 38.1 Å². The lowest BCUT2D eigenvalue weighted by Gasteiger charge is -2.29. The molecule has 1 saturated heterocycles. The summed E-state index contributed by atoms with van der Waals surface area (Å²) < 4.78 is 0. The quantitative estimate of drug-likeness (QED) is 0.210. The predicted molar refractivity (Wildman–Crippen MR) is 144 cm³/mol. The maximum absolute atomic E-state index is 13.3. The van der Waals surface area contributed by atoms with Crippen LogP contribution in [0.1, 0.15) is 51.5 Å². The number of amides is 4. The van der Waals surface area contributed by atoms with Crippen LogP contribution >= 0.6 is 0 Å². The number of rotatable bonds is 13. The van der Waals surface area contributed by atoms with Crippen LogP contribution in [0.3, 0.4) is 0 Å². The van der Waals surface area contributed by atoms with Crippen LogP contribution in [0.2, 0.25) is 0 Å². The molecule has 1 aliphatic rings. The van der Waals surface area contributed by atoms with Gasteiger partial charge in [0.15, 0.2) is 0 Å². The monoisotopic (exact) mass is 542 g/mol.